The van der Waals surface area contributed by atoms with E-state index in [1.54, 1.807) is 0 Å². The number of amides is 1. The number of hydrogen-bond donors (Lipinski definition) is 1. The molecule has 126 valence electrons. The van der Waals surface area contributed by atoms with E-state index in [1.807, 2.05) is 18.2 Å². The van der Waals surface area contributed by atoms with E-state index in [2.05, 4.69) is 33.4 Å². The first-order valence-electron chi connectivity index (χ1n) is 9.01. The van der Waals surface area contributed by atoms with Crippen LogP contribution in [-0.2, 0) is 0 Å². The van der Waals surface area contributed by atoms with Gasteiger partial charge in [0, 0.05) is 30.4 Å². The summed E-state index contributed by atoms with van der Waals surface area (Å²) in [6.45, 7) is 5.06. The molecule has 2 aliphatic rings. The van der Waals surface area contributed by atoms with Gasteiger partial charge in [-0.1, -0.05) is 31.2 Å². The van der Waals surface area contributed by atoms with E-state index < -0.39 is 0 Å². The van der Waals surface area contributed by atoms with Crippen LogP contribution in [0.5, 0.6) is 0 Å². The number of nitrogens with one attached hydrogen (secondary N) is 1. The summed E-state index contributed by atoms with van der Waals surface area (Å²) in [6, 6.07) is 8.00. The summed E-state index contributed by atoms with van der Waals surface area (Å²) >= 11 is 0. The highest BCUT2D eigenvalue weighted by molar-refractivity contribution is 6.07. The Labute approximate surface area is 142 Å². The summed E-state index contributed by atoms with van der Waals surface area (Å²) in [4.78, 5) is 14.8. The molecule has 0 unspecified atom stereocenters. The Bertz CT molecular complexity index is 748. The third kappa shape index (κ3) is 3.07. The van der Waals surface area contributed by atoms with Crippen molar-refractivity contribution in [2.75, 3.05) is 24.5 Å². The van der Waals surface area contributed by atoms with E-state index in [0.29, 0.717) is 11.6 Å². The van der Waals surface area contributed by atoms with Crippen LogP contribution in [0.25, 0.3) is 10.8 Å². The molecule has 24 heavy (non-hydrogen) atoms. The van der Waals surface area contributed by atoms with Crippen LogP contribution in [0.2, 0.25) is 0 Å². The predicted octanol–water partition coefficient (Wildman–Crippen LogP) is 3.01. The molecule has 1 aromatic carbocycles. The molecule has 1 aliphatic carbocycles. The van der Waals surface area contributed by atoms with Gasteiger partial charge in [-0.2, -0.15) is 0 Å². The smallest absolute Gasteiger partial charge is 0.272 e. The normalized spacial score (nSPS) is 18.8. The first-order chi connectivity index (χ1) is 11.7. The van der Waals surface area contributed by atoms with Crippen LogP contribution in [0.1, 0.15) is 43.1 Å². The van der Waals surface area contributed by atoms with Gasteiger partial charge in [-0.25, -0.2) is 0 Å². The van der Waals surface area contributed by atoms with Crippen molar-refractivity contribution >= 4 is 22.5 Å². The number of carbonyl (C=O) groups excluding carboxylic acids is 1. The maximum Gasteiger partial charge on any atom is 0.272 e. The minimum Gasteiger partial charge on any atom is -0.355 e. The molecule has 2 fully saturated rings. The van der Waals surface area contributed by atoms with Gasteiger partial charge >= 0.3 is 0 Å². The number of anilines is 1. The zero-order chi connectivity index (χ0) is 16.5. The van der Waals surface area contributed by atoms with Crippen LogP contribution in [0.4, 0.5) is 5.82 Å². The molecule has 2 aromatic rings. The lowest BCUT2D eigenvalue weighted by Gasteiger charge is -2.31. The number of carbonyl (C=O) groups is 1. The molecule has 1 saturated carbocycles. The Kier molecular flexibility index (Phi) is 4.08. The fourth-order valence-electron chi connectivity index (χ4n) is 3.35. The average molecular weight is 324 g/mol. The van der Waals surface area contributed by atoms with Crippen LogP contribution in [0, 0.1) is 11.8 Å². The fourth-order valence-corrected chi connectivity index (χ4v) is 3.35. The molecule has 0 spiro atoms. The van der Waals surface area contributed by atoms with Gasteiger partial charge in [-0.15, -0.1) is 10.2 Å². The van der Waals surface area contributed by atoms with Gasteiger partial charge in [0.25, 0.3) is 5.91 Å². The third-order valence-electron chi connectivity index (χ3n) is 5.21. The first kappa shape index (κ1) is 15.4. The molecule has 1 amide bonds. The molecule has 2 heterocycles. The molecular formula is C19H24N4O. The number of piperidine rings is 1. The SMILES string of the molecule is CC1CCN(c2nnc(C(=O)NCC3CC3)c3ccccc23)CC1. The molecule has 4 rings (SSSR count). The molecule has 1 aromatic heterocycles. The summed E-state index contributed by atoms with van der Waals surface area (Å²) in [5, 5.41) is 13.7. The lowest BCUT2D eigenvalue weighted by molar-refractivity contribution is 0.0947. The van der Waals surface area contributed by atoms with Gasteiger partial charge in [0.2, 0.25) is 0 Å². The van der Waals surface area contributed by atoms with Crippen molar-refractivity contribution in [3.8, 4) is 0 Å². The molecule has 5 nitrogen and oxygen atoms in total. The molecule has 1 aliphatic heterocycles. The lowest BCUT2D eigenvalue weighted by Crippen LogP contribution is -2.34. The van der Waals surface area contributed by atoms with E-state index in [9.17, 15) is 4.79 Å². The average Bonchev–Trinajstić information content (AvgIpc) is 3.44. The summed E-state index contributed by atoms with van der Waals surface area (Å²) < 4.78 is 0. The van der Waals surface area contributed by atoms with Crippen molar-refractivity contribution in [1.29, 1.82) is 0 Å². The van der Waals surface area contributed by atoms with Crippen molar-refractivity contribution < 1.29 is 4.79 Å². The maximum absolute atomic E-state index is 12.5. The number of fused-ring (bicyclic) bond motifs is 1. The van der Waals surface area contributed by atoms with Crippen molar-refractivity contribution in [3.63, 3.8) is 0 Å². The summed E-state index contributed by atoms with van der Waals surface area (Å²) in [5.41, 5.74) is 0.445. The molecule has 0 radical (unpaired) electrons. The minimum atomic E-state index is -0.107. The largest absolute Gasteiger partial charge is 0.355 e. The Balaban J connectivity index is 1.65. The van der Waals surface area contributed by atoms with Crippen LogP contribution in [0.15, 0.2) is 24.3 Å². The Hall–Kier alpha value is -2.17. The summed E-state index contributed by atoms with van der Waals surface area (Å²) in [6.07, 6.45) is 4.80. The number of nitrogens with zero attached hydrogens (tertiary/aromatic N) is 3. The van der Waals surface area contributed by atoms with Crippen LogP contribution < -0.4 is 10.2 Å². The van der Waals surface area contributed by atoms with Crippen molar-refractivity contribution in [1.82, 2.24) is 15.5 Å². The fraction of sp³-hybridized carbons (Fsp3) is 0.526. The third-order valence-corrected chi connectivity index (χ3v) is 5.21. The van der Waals surface area contributed by atoms with Crippen molar-refractivity contribution in [2.45, 2.75) is 32.6 Å². The highest BCUT2D eigenvalue weighted by atomic mass is 16.1. The van der Waals surface area contributed by atoms with E-state index in [0.717, 1.165) is 42.1 Å². The lowest BCUT2D eigenvalue weighted by atomic mass is 9.99. The summed E-state index contributed by atoms with van der Waals surface area (Å²) in [7, 11) is 0. The summed E-state index contributed by atoms with van der Waals surface area (Å²) in [5.74, 6) is 2.23. The maximum atomic E-state index is 12.5. The van der Waals surface area contributed by atoms with Gasteiger partial charge in [0.15, 0.2) is 11.5 Å². The second-order valence-electron chi connectivity index (χ2n) is 7.24. The van der Waals surface area contributed by atoms with Crippen LogP contribution in [-0.4, -0.2) is 35.7 Å². The molecule has 0 atom stereocenters. The highest BCUT2D eigenvalue weighted by Gasteiger charge is 2.24. The Morgan fingerprint density at radius 1 is 1.12 bits per heavy atom. The highest BCUT2D eigenvalue weighted by Crippen LogP contribution is 2.30. The second kappa shape index (κ2) is 6.38. The molecular weight excluding hydrogens is 300 g/mol. The van der Waals surface area contributed by atoms with E-state index in [-0.39, 0.29) is 5.91 Å². The van der Waals surface area contributed by atoms with Crippen LogP contribution >= 0.6 is 0 Å². The molecule has 1 saturated heterocycles. The number of benzene rings is 1. The van der Waals surface area contributed by atoms with Gasteiger partial charge in [0.1, 0.15) is 0 Å². The second-order valence-corrected chi connectivity index (χ2v) is 7.24. The number of aromatic nitrogens is 2. The monoisotopic (exact) mass is 324 g/mol. The van der Waals surface area contributed by atoms with Gasteiger partial charge in [-0.05, 0) is 37.5 Å². The van der Waals surface area contributed by atoms with E-state index in [4.69, 9.17) is 0 Å². The first-order valence-corrected chi connectivity index (χ1v) is 9.01. The van der Waals surface area contributed by atoms with Crippen molar-refractivity contribution in [2.24, 2.45) is 11.8 Å². The van der Waals surface area contributed by atoms with Gasteiger partial charge < -0.3 is 10.2 Å². The molecule has 1 N–H and O–H groups in total. The number of rotatable bonds is 4. The predicted molar refractivity (Wildman–Crippen MR) is 95.2 cm³/mol. The van der Waals surface area contributed by atoms with Gasteiger partial charge in [-0.3, -0.25) is 4.79 Å². The molecule has 5 heteroatoms. The van der Waals surface area contributed by atoms with Crippen molar-refractivity contribution in [3.05, 3.63) is 30.0 Å². The van der Waals surface area contributed by atoms with Crippen LogP contribution in [0.3, 0.4) is 0 Å². The Morgan fingerprint density at radius 2 is 1.83 bits per heavy atom. The van der Waals surface area contributed by atoms with Gasteiger partial charge in [0.05, 0.1) is 0 Å². The number of hydrogen-bond acceptors (Lipinski definition) is 4. The quantitative estimate of drug-likeness (QED) is 0.939. The minimum absolute atomic E-state index is 0.107. The Morgan fingerprint density at radius 3 is 2.54 bits per heavy atom. The molecule has 0 bridgehead atoms. The zero-order valence-electron chi connectivity index (χ0n) is 14.2. The zero-order valence-corrected chi connectivity index (χ0v) is 14.2. The standard InChI is InChI=1S/C19H24N4O/c1-13-8-10-23(11-9-13)18-16-5-3-2-4-15(16)17(21-22-18)19(24)20-12-14-6-7-14/h2-5,13-14H,6-12H2,1H3,(H,20,24). The topological polar surface area (TPSA) is 58.1 Å². The van der Waals surface area contributed by atoms with E-state index in [1.165, 1.54) is 25.7 Å². The van der Waals surface area contributed by atoms with E-state index >= 15 is 0 Å².